The van der Waals surface area contributed by atoms with Crippen LogP contribution < -0.4 is 5.32 Å². The molecule has 2 rings (SSSR count). The van der Waals surface area contributed by atoms with Gasteiger partial charge in [-0.2, -0.15) is 4.98 Å². The molecular weight excluding hydrogens is 240 g/mol. The number of pyridine rings is 1. The van der Waals surface area contributed by atoms with Gasteiger partial charge < -0.3 is 9.84 Å². The summed E-state index contributed by atoms with van der Waals surface area (Å²) >= 11 is 0. The Morgan fingerprint density at radius 3 is 2.58 bits per heavy atom. The summed E-state index contributed by atoms with van der Waals surface area (Å²) in [6.45, 7) is 9.07. The first-order valence-corrected chi connectivity index (χ1v) is 6.45. The maximum atomic E-state index is 5.04. The van der Waals surface area contributed by atoms with E-state index in [9.17, 15) is 0 Å². The molecule has 0 aromatic carbocycles. The number of anilines is 1. The number of aromatic nitrogens is 3. The van der Waals surface area contributed by atoms with E-state index >= 15 is 0 Å². The fourth-order valence-corrected chi connectivity index (χ4v) is 1.68. The Hall–Kier alpha value is -1.91. The molecule has 0 radical (unpaired) electrons. The van der Waals surface area contributed by atoms with Gasteiger partial charge in [-0.25, -0.2) is 4.98 Å². The van der Waals surface area contributed by atoms with Crippen LogP contribution in [-0.2, 0) is 11.8 Å². The number of nitrogens with zero attached hydrogens (tertiary/aromatic N) is 3. The molecular formula is C14H20N4O. The Morgan fingerprint density at radius 2 is 2.05 bits per heavy atom. The maximum Gasteiger partial charge on any atom is 0.228 e. The topological polar surface area (TPSA) is 63.8 Å². The monoisotopic (exact) mass is 260 g/mol. The van der Waals surface area contributed by atoms with Crippen molar-refractivity contribution in [2.45, 2.75) is 39.5 Å². The number of aryl methyl sites for hydroxylation is 1. The van der Waals surface area contributed by atoms with E-state index in [1.165, 1.54) is 5.56 Å². The molecule has 2 heterocycles. The SMILES string of the molecule is Cc1noc(CCNc2ccc(C(C)(C)C)cn2)n1. The van der Waals surface area contributed by atoms with Crippen LogP contribution >= 0.6 is 0 Å². The Balaban J connectivity index is 1.86. The lowest BCUT2D eigenvalue weighted by atomic mass is 9.88. The second-order valence-corrected chi connectivity index (χ2v) is 5.59. The molecule has 0 unspecified atom stereocenters. The van der Waals surface area contributed by atoms with Crippen LogP contribution in [0.15, 0.2) is 22.9 Å². The Bertz CT molecular complexity index is 525. The molecule has 0 aliphatic rings. The average molecular weight is 260 g/mol. The molecule has 2 aromatic rings. The summed E-state index contributed by atoms with van der Waals surface area (Å²) in [4.78, 5) is 8.55. The van der Waals surface area contributed by atoms with E-state index in [4.69, 9.17) is 4.52 Å². The number of hydrogen-bond acceptors (Lipinski definition) is 5. The molecule has 5 nitrogen and oxygen atoms in total. The standard InChI is InChI=1S/C14H20N4O/c1-10-17-13(19-18-10)7-8-15-12-6-5-11(9-16-12)14(2,3)4/h5-6,9H,7-8H2,1-4H3,(H,15,16). The summed E-state index contributed by atoms with van der Waals surface area (Å²) in [6, 6.07) is 4.10. The van der Waals surface area contributed by atoms with Gasteiger partial charge in [-0.05, 0) is 24.0 Å². The highest BCUT2D eigenvalue weighted by Gasteiger charge is 2.13. The quantitative estimate of drug-likeness (QED) is 0.915. The zero-order valence-electron chi connectivity index (χ0n) is 11.9. The van der Waals surface area contributed by atoms with Crippen LogP contribution in [0.4, 0.5) is 5.82 Å². The summed E-state index contributed by atoms with van der Waals surface area (Å²) < 4.78 is 5.04. The van der Waals surface area contributed by atoms with Gasteiger partial charge in [0.25, 0.3) is 0 Å². The van der Waals surface area contributed by atoms with E-state index in [-0.39, 0.29) is 5.41 Å². The lowest BCUT2D eigenvalue weighted by Gasteiger charge is -2.18. The van der Waals surface area contributed by atoms with Gasteiger partial charge in [0.1, 0.15) is 5.82 Å². The predicted molar refractivity (Wildman–Crippen MR) is 74.2 cm³/mol. The van der Waals surface area contributed by atoms with Crippen LogP contribution in [0.3, 0.4) is 0 Å². The van der Waals surface area contributed by atoms with Crippen molar-refractivity contribution < 1.29 is 4.52 Å². The molecule has 0 fully saturated rings. The minimum absolute atomic E-state index is 0.132. The molecule has 102 valence electrons. The molecule has 0 spiro atoms. The van der Waals surface area contributed by atoms with E-state index in [0.29, 0.717) is 18.1 Å². The van der Waals surface area contributed by atoms with Crippen LogP contribution in [-0.4, -0.2) is 21.7 Å². The van der Waals surface area contributed by atoms with Gasteiger partial charge >= 0.3 is 0 Å². The zero-order chi connectivity index (χ0) is 13.9. The van der Waals surface area contributed by atoms with Crippen molar-refractivity contribution in [3.63, 3.8) is 0 Å². The minimum atomic E-state index is 0.132. The lowest BCUT2D eigenvalue weighted by molar-refractivity contribution is 0.377. The normalized spacial score (nSPS) is 11.6. The van der Waals surface area contributed by atoms with Crippen LogP contribution in [0.1, 0.15) is 38.0 Å². The minimum Gasteiger partial charge on any atom is -0.370 e. The third-order valence-electron chi connectivity index (χ3n) is 2.84. The van der Waals surface area contributed by atoms with E-state index in [1.54, 1.807) is 0 Å². The Morgan fingerprint density at radius 1 is 1.26 bits per heavy atom. The van der Waals surface area contributed by atoms with Crippen molar-refractivity contribution >= 4 is 5.82 Å². The smallest absolute Gasteiger partial charge is 0.228 e. The van der Waals surface area contributed by atoms with Gasteiger partial charge in [-0.1, -0.05) is 32.0 Å². The van der Waals surface area contributed by atoms with Gasteiger partial charge in [0.15, 0.2) is 5.82 Å². The van der Waals surface area contributed by atoms with E-state index < -0.39 is 0 Å². The van der Waals surface area contributed by atoms with Crippen molar-refractivity contribution in [2.24, 2.45) is 0 Å². The molecule has 0 atom stereocenters. The van der Waals surface area contributed by atoms with E-state index in [1.807, 2.05) is 19.2 Å². The van der Waals surface area contributed by atoms with Crippen molar-refractivity contribution in [1.29, 1.82) is 0 Å². The van der Waals surface area contributed by atoms with Crippen molar-refractivity contribution in [1.82, 2.24) is 15.1 Å². The van der Waals surface area contributed by atoms with Crippen LogP contribution in [0, 0.1) is 6.92 Å². The van der Waals surface area contributed by atoms with E-state index in [2.05, 4.69) is 47.3 Å². The highest BCUT2D eigenvalue weighted by molar-refractivity contribution is 5.37. The molecule has 0 amide bonds. The molecule has 0 saturated carbocycles. The van der Waals surface area contributed by atoms with Crippen molar-refractivity contribution in [3.05, 3.63) is 35.6 Å². The first kappa shape index (κ1) is 13.5. The van der Waals surface area contributed by atoms with Gasteiger partial charge in [0.05, 0.1) is 0 Å². The Kier molecular flexibility index (Phi) is 3.83. The summed E-state index contributed by atoms with van der Waals surface area (Å²) in [5.41, 5.74) is 1.36. The Labute approximate surface area is 113 Å². The second kappa shape index (κ2) is 5.38. The molecule has 0 aliphatic carbocycles. The summed E-state index contributed by atoms with van der Waals surface area (Å²) in [7, 11) is 0. The number of rotatable bonds is 4. The second-order valence-electron chi connectivity index (χ2n) is 5.59. The third-order valence-corrected chi connectivity index (χ3v) is 2.84. The van der Waals surface area contributed by atoms with Gasteiger partial charge in [-0.3, -0.25) is 0 Å². The number of nitrogens with one attached hydrogen (secondary N) is 1. The predicted octanol–water partition coefficient (Wildman–Crippen LogP) is 2.73. The van der Waals surface area contributed by atoms with Crippen molar-refractivity contribution in [3.8, 4) is 0 Å². The largest absolute Gasteiger partial charge is 0.370 e. The van der Waals surface area contributed by atoms with Crippen LogP contribution in [0.25, 0.3) is 0 Å². The maximum absolute atomic E-state index is 5.04. The first-order chi connectivity index (χ1) is 8.95. The molecule has 2 aromatic heterocycles. The highest BCUT2D eigenvalue weighted by atomic mass is 16.5. The van der Waals surface area contributed by atoms with Gasteiger partial charge in [0, 0.05) is 19.2 Å². The molecule has 1 N–H and O–H groups in total. The van der Waals surface area contributed by atoms with Crippen LogP contribution in [0.5, 0.6) is 0 Å². The molecule has 19 heavy (non-hydrogen) atoms. The fourth-order valence-electron chi connectivity index (χ4n) is 1.68. The molecule has 5 heteroatoms. The first-order valence-electron chi connectivity index (χ1n) is 6.45. The van der Waals surface area contributed by atoms with Crippen molar-refractivity contribution in [2.75, 3.05) is 11.9 Å². The fraction of sp³-hybridized carbons (Fsp3) is 0.500. The third kappa shape index (κ3) is 3.77. The molecule has 0 aliphatic heterocycles. The summed E-state index contributed by atoms with van der Waals surface area (Å²) in [5.74, 6) is 2.18. The average Bonchev–Trinajstić information content (AvgIpc) is 2.75. The van der Waals surface area contributed by atoms with Crippen LogP contribution in [0.2, 0.25) is 0 Å². The van der Waals surface area contributed by atoms with Gasteiger partial charge in [0.2, 0.25) is 5.89 Å². The summed E-state index contributed by atoms with van der Waals surface area (Å²) in [5, 5.41) is 6.99. The summed E-state index contributed by atoms with van der Waals surface area (Å²) in [6.07, 6.45) is 2.61. The molecule has 0 saturated heterocycles. The van der Waals surface area contributed by atoms with E-state index in [0.717, 1.165) is 12.4 Å². The molecule has 0 bridgehead atoms. The lowest BCUT2D eigenvalue weighted by Crippen LogP contribution is -2.12. The van der Waals surface area contributed by atoms with Gasteiger partial charge in [-0.15, -0.1) is 0 Å². The highest BCUT2D eigenvalue weighted by Crippen LogP contribution is 2.21. The zero-order valence-corrected chi connectivity index (χ0v) is 11.9. The number of hydrogen-bond donors (Lipinski definition) is 1.